The Balaban J connectivity index is 3.73. The number of carboxylic acids is 2. The molecule has 0 bridgehead atoms. The third kappa shape index (κ3) is 2.07. The Morgan fingerprint density at radius 3 is 1.94 bits per heavy atom. The third-order valence-electron chi connectivity index (χ3n) is 2.08. The molecule has 0 aliphatic heterocycles. The second-order valence-corrected chi connectivity index (χ2v) is 2.99. The van der Waals surface area contributed by atoms with Crippen LogP contribution in [0.25, 0.3) is 0 Å². The van der Waals surface area contributed by atoms with Gasteiger partial charge in [-0.25, -0.2) is 9.59 Å². The first-order valence-electron chi connectivity index (χ1n) is 4.38. The minimum absolute atomic E-state index is 0.0626. The van der Waals surface area contributed by atoms with Crippen molar-refractivity contribution in [2.24, 2.45) is 0 Å². The van der Waals surface area contributed by atoms with E-state index in [9.17, 15) is 14.7 Å². The van der Waals surface area contributed by atoms with Crippen molar-refractivity contribution in [1.82, 2.24) is 0 Å². The number of aromatic carboxylic acids is 2. The van der Waals surface area contributed by atoms with Crippen molar-refractivity contribution >= 4 is 11.9 Å². The Hall–Kier alpha value is -2.44. The molecule has 0 saturated carbocycles. The van der Waals surface area contributed by atoms with Gasteiger partial charge in [0.15, 0.2) is 11.5 Å². The maximum absolute atomic E-state index is 11.0. The van der Waals surface area contributed by atoms with E-state index in [1.54, 1.807) is 0 Å². The number of benzene rings is 1. The van der Waals surface area contributed by atoms with Gasteiger partial charge in [-0.05, 0) is 0 Å². The van der Waals surface area contributed by atoms with Gasteiger partial charge < -0.3 is 24.8 Å². The zero-order chi connectivity index (χ0) is 13.2. The molecule has 0 spiro atoms. The van der Waals surface area contributed by atoms with Gasteiger partial charge in [0, 0.05) is 6.07 Å². The molecule has 0 heterocycles. The number of methoxy groups -OCH3 is 2. The zero-order valence-electron chi connectivity index (χ0n) is 9.05. The highest BCUT2D eigenvalue weighted by Gasteiger charge is 2.28. The van der Waals surface area contributed by atoms with Crippen LogP contribution < -0.4 is 9.47 Å². The van der Waals surface area contributed by atoms with E-state index in [0.29, 0.717) is 0 Å². The van der Waals surface area contributed by atoms with E-state index in [2.05, 4.69) is 0 Å². The molecule has 0 amide bonds. The summed E-state index contributed by atoms with van der Waals surface area (Å²) in [6.45, 7) is 0. The van der Waals surface area contributed by atoms with E-state index < -0.39 is 28.8 Å². The van der Waals surface area contributed by atoms with Gasteiger partial charge in [-0.3, -0.25) is 0 Å². The molecule has 0 saturated heterocycles. The molecule has 0 aliphatic carbocycles. The predicted octanol–water partition coefficient (Wildman–Crippen LogP) is 0.806. The van der Waals surface area contributed by atoms with E-state index in [0.717, 1.165) is 6.07 Å². The minimum atomic E-state index is -1.57. The average molecular weight is 242 g/mol. The second-order valence-electron chi connectivity index (χ2n) is 2.99. The number of rotatable bonds is 4. The molecular weight excluding hydrogens is 232 g/mol. The van der Waals surface area contributed by atoms with Gasteiger partial charge in [0.1, 0.15) is 16.9 Å². The summed E-state index contributed by atoms with van der Waals surface area (Å²) in [6.07, 6.45) is 0. The van der Waals surface area contributed by atoms with Gasteiger partial charge >= 0.3 is 11.9 Å². The van der Waals surface area contributed by atoms with Gasteiger partial charge in [0.25, 0.3) is 0 Å². The number of aromatic hydroxyl groups is 1. The van der Waals surface area contributed by atoms with E-state index >= 15 is 0 Å². The van der Waals surface area contributed by atoms with E-state index in [1.165, 1.54) is 14.2 Å². The number of phenols is 1. The Kier molecular flexibility index (Phi) is 3.42. The lowest BCUT2D eigenvalue weighted by Crippen LogP contribution is -2.11. The monoisotopic (exact) mass is 242 g/mol. The smallest absolute Gasteiger partial charge is 0.340 e. The third-order valence-corrected chi connectivity index (χ3v) is 2.08. The number of carboxylic acid groups (broad SMARTS) is 2. The van der Waals surface area contributed by atoms with E-state index in [-0.39, 0.29) is 11.5 Å². The van der Waals surface area contributed by atoms with Crippen LogP contribution in [0, 0.1) is 0 Å². The molecule has 92 valence electrons. The molecule has 0 aliphatic rings. The summed E-state index contributed by atoms with van der Waals surface area (Å²) < 4.78 is 9.60. The van der Waals surface area contributed by atoms with Crippen LogP contribution in [0.2, 0.25) is 0 Å². The molecule has 0 aromatic heterocycles. The average Bonchev–Trinajstić information content (AvgIpc) is 2.26. The van der Waals surface area contributed by atoms with Crippen LogP contribution in [0.3, 0.4) is 0 Å². The molecule has 0 atom stereocenters. The summed E-state index contributed by atoms with van der Waals surface area (Å²) in [7, 11) is 2.41. The van der Waals surface area contributed by atoms with E-state index in [1.807, 2.05) is 0 Å². The molecule has 0 unspecified atom stereocenters. The molecule has 1 rings (SSSR count). The van der Waals surface area contributed by atoms with Crippen LogP contribution in [0.4, 0.5) is 0 Å². The van der Waals surface area contributed by atoms with Crippen LogP contribution in [0.5, 0.6) is 17.2 Å². The molecule has 3 N–H and O–H groups in total. The first kappa shape index (κ1) is 12.6. The van der Waals surface area contributed by atoms with Crippen molar-refractivity contribution in [1.29, 1.82) is 0 Å². The maximum atomic E-state index is 11.0. The van der Waals surface area contributed by atoms with Crippen molar-refractivity contribution in [2.45, 2.75) is 0 Å². The van der Waals surface area contributed by atoms with Gasteiger partial charge in [-0.15, -0.1) is 0 Å². The normalized spacial score (nSPS) is 9.76. The summed E-state index contributed by atoms with van der Waals surface area (Å²) in [5.41, 5.74) is -1.40. The van der Waals surface area contributed by atoms with Crippen LogP contribution in [-0.4, -0.2) is 41.5 Å². The van der Waals surface area contributed by atoms with Gasteiger partial charge in [-0.2, -0.15) is 0 Å². The number of ether oxygens (including phenoxy) is 2. The summed E-state index contributed by atoms with van der Waals surface area (Å²) in [5.74, 6) is -4.12. The summed E-state index contributed by atoms with van der Waals surface area (Å²) in [6, 6.07) is 0.981. The molecule has 17 heavy (non-hydrogen) atoms. The second kappa shape index (κ2) is 4.60. The fourth-order valence-electron chi connectivity index (χ4n) is 1.40. The topological polar surface area (TPSA) is 113 Å². The lowest BCUT2D eigenvalue weighted by atomic mass is 10.0. The highest BCUT2D eigenvalue weighted by Crippen LogP contribution is 2.38. The predicted molar refractivity (Wildman–Crippen MR) is 55.1 cm³/mol. The number of carbonyl (C=O) groups is 2. The Morgan fingerprint density at radius 1 is 1.06 bits per heavy atom. The van der Waals surface area contributed by atoms with Gasteiger partial charge in [-0.1, -0.05) is 0 Å². The van der Waals surface area contributed by atoms with Crippen molar-refractivity contribution in [3.8, 4) is 17.2 Å². The molecule has 0 radical (unpaired) electrons. The molecule has 7 nitrogen and oxygen atoms in total. The number of hydrogen-bond donors (Lipinski definition) is 3. The Bertz CT molecular complexity index is 478. The lowest BCUT2D eigenvalue weighted by Gasteiger charge is -2.13. The standard InChI is InChI=1S/C10H10O7/c1-16-5-3-4(11)6(9(12)13)7(10(14)15)8(5)17-2/h3,11H,1-2H3,(H,12,13)(H,14,15). The highest BCUT2D eigenvalue weighted by molar-refractivity contribution is 6.06. The van der Waals surface area contributed by atoms with Crippen molar-refractivity contribution < 1.29 is 34.4 Å². The van der Waals surface area contributed by atoms with Crippen molar-refractivity contribution in [3.05, 3.63) is 17.2 Å². The van der Waals surface area contributed by atoms with Crippen LogP contribution in [0.15, 0.2) is 6.07 Å². The first-order chi connectivity index (χ1) is 7.93. The quantitative estimate of drug-likeness (QED) is 0.715. The lowest BCUT2D eigenvalue weighted by molar-refractivity contribution is 0.0644. The largest absolute Gasteiger partial charge is 0.507 e. The first-order valence-corrected chi connectivity index (χ1v) is 4.38. The Labute approximate surface area is 95.8 Å². The molecule has 1 aromatic rings. The van der Waals surface area contributed by atoms with E-state index in [4.69, 9.17) is 19.7 Å². The summed E-state index contributed by atoms with van der Waals surface area (Å²) in [4.78, 5) is 21.9. The maximum Gasteiger partial charge on any atom is 0.340 e. The van der Waals surface area contributed by atoms with Crippen LogP contribution in [-0.2, 0) is 0 Å². The molecule has 1 aromatic carbocycles. The van der Waals surface area contributed by atoms with Crippen LogP contribution >= 0.6 is 0 Å². The Morgan fingerprint density at radius 2 is 1.59 bits per heavy atom. The molecule has 0 fully saturated rings. The molecular formula is C10H10O7. The summed E-state index contributed by atoms with van der Waals surface area (Å²) in [5, 5.41) is 27.3. The van der Waals surface area contributed by atoms with Gasteiger partial charge in [0.2, 0.25) is 0 Å². The van der Waals surface area contributed by atoms with Gasteiger partial charge in [0.05, 0.1) is 14.2 Å². The summed E-state index contributed by atoms with van der Waals surface area (Å²) >= 11 is 0. The number of hydrogen-bond acceptors (Lipinski definition) is 5. The minimum Gasteiger partial charge on any atom is -0.507 e. The highest BCUT2D eigenvalue weighted by atomic mass is 16.5. The SMILES string of the molecule is COc1cc(O)c(C(=O)O)c(C(=O)O)c1OC. The fourth-order valence-corrected chi connectivity index (χ4v) is 1.40. The zero-order valence-corrected chi connectivity index (χ0v) is 9.05. The van der Waals surface area contributed by atoms with Crippen LogP contribution in [0.1, 0.15) is 20.7 Å². The fraction of sp³-hybridized carbons (Fsp3) is 0.200. The van der Waals surface area contributed by atoms with Crippen molar-refractivity contribution in [3.63, 3.8) is 0 Å². The van der Waals surface area contributed by atoms with Crippen molar-refractivity contribution in [2.75, 3.05) is 14.2 Å². The molecule has 7 heteroatoms.